The van der Waals surface area contributed by atoms with Crippen LogP contribution in [0.1, 0.15) is 36.6 Å². The van der Waals surface area contributed by atoms with Gasteiger partial charge in [0.05, 0.1) is 11.4 Å². The first-order valence-corrected chi connectivity index (χ1v) is 11.4. The average Bonchev–Trinajstić information content (AvgIpc) is 3.14. The van der Waals surface area contributed by atoms with E-state index in [2.05, 4.69) is 34.6 Å². The third kappa shape index (κ3) is 5.08. The number of nitrogens with zero attached hydrogens (tertiary/aromatic N) is 3. The first-order valence-electron chi connectivity index (χ1n) is 11.4. The monoisotopic (exact) mass is 445 g/mol. The van der Waals surface area contributed by atoms with Gasteiger partial charge in [-0.2, -0.15) is 5.10 Å². The minimum absolute atomic E-state index is 0.0244. The Balaban J connectivity index is 1.48. The molecule has 0 radical (unpaired) electrons. The van der Waals surface area contributed by atoms with E-state index in [1.165, 1.54) is 12.5 Å². The highest BCUT2D eigenvalue weighted by molar-refractivity contribution is 5.93. The van der Waals surface area contributed by atoms with E-state index >= 15 is 0 Å². The first-order chi connectivity index (χ1) is 15.9. The van der Waals surface area contributed by atoms with Crippen molar-refractivity contribution >= 4 is 23.3 Å². The van der Waals surface area contributed by atoms with Crippen LogP contribution in [0.2, 0.25) is 0 Å². The minimum Gasteiger partial charge on any atom is -0.355 e. The Morgan fingerprint density at radius 1 is 1.00 bits per heavy atom. The summed E-state index contributed by atoms with van der Waals surface area (Å²) in [6.07, 6.45) is 1.50. The van der Waals surface area contributed by atoms with Gasteiger partial charge in [0.2, 0.25) is 11.8 Å². The number of piperidine rings is 1. The third-order valence-electron chi connectivity index (χ3n) is 6.22. The van der Waals surface area contributed by atoms with Crippen molar-refractivity contribution in [3.63, 3.8) is 0 Å². The van der Waals surface area contributed by atoms with Gasteiger partial charge in [0.15, 0.2) is 5.82 Å². The lowest BCUT2D eigenvalue weighted by molar-refractivity contribution is -0.125. The average molecular weight is 446 g/mol. The van der Waals surface area contributed by atoms with Crippen LogP contribution in [0.5, 0.6) is 0 Å². The number of hydrogen-bond acceptors (Lipinski definition) is 4. The molecule has 0 atom stereocenters. The second-order valence-corrected chi connectivity index (χ2v) is 8.62. The van der Waals surface area contributed by atoms with Gasteiger partial charge in [0.25, 0.3) is 0 Å². The van der Waals surface area contributed by atoms with Crippen LogP contribution >= 0.6 is 0 Å². The summed E-state index contributed by atoms with van der Waals surface area (Å²) in [6, 6.07) is 18.0. The van der Waals surface area contributed by atoms with Gasteiger partial charge < -0.3 is 15.5 Å². The van der Waals surface area contributed by atoms with E-state index < -0.39 is 0 Å². The van der Waals surface area contributed by atoms with Gasteiger partial charge in [-0.1, -0.05) is 42.5 Å². The standard InChI is InChI=1S/C26H31N5O2/c1-18-9-7-8-10-22(18)17-27-25(33)21-13-15-30(16-14-21)26-24(28-20(3)32)19(2)29-31(26)23-11-5-4-6-12-23/h4-12,21H,13-17H2,1-3H3,(H,27,33)(H,28,32). The molecule has 0 aliphatic carbocycles. The molecule has 7 nitrogen and oxygen atoms in total. The number of benzene rings is 2. The number of aryl methyl sites for hydroxylation is 2. The number of hydrogen-bond donors (Lipinski definition) is 2. The van der Waals surface area contributed by atoms with E-state index in [-0.39, 0.29) is 17.7 Å². The van der Waals surface area contributed by atoms with Crippen LogP contribution in [-0.2, 0) is 16.1 Å². The molecule has 0 unspecified atom stereocenters. The molecule has 0 bridgehead atoms. The molecule has 2 N–H and O–H groups in total. The summed E-state index contributed by atoms with van der Waals surface area (Å²) in [5.41, 5.74) is 4.76. The number of para-hydroxylation sites is 1. The Hall–Kier alpha value is -3.61. The summed E-state index contributed by atoms with van der Waals surface area (Å²) < 4.78 is 1.89. The number of carbonyl (C=O) groups excluding carboxylic acids is 2. The molecule has 7 heteroatoms. The Labute approximate surface area is 194 Å². The van der Waals surface area contributed by atoms with Crippen LogP contribution in [-0.4, -0.2) is 34.7 Å². The normalized spacial score (nSPS) is 14.2. The maximum atomic E-state index is 12.8. The number of carbonyl (C=O) groups is 2. The van der Waals surface area contributed by atoms with E-state index in [1.54, 1.807) is 0 Å². The molecular formula is C26H31N5O2. The Bertz CT molecular complexity index is 1130. The van der Waals surface area contributed by atoms with Crippen molar-refractivity contribution in [1.82, 2.24) is 15.1 Å². The molecule has 172 valence electrons. The fourth-order valence-electron chi connectivity index (χ4n) is 4.37. The fourth-order valence-corrected chi connectivity index (χ4v) is 4.37. The molecule has 3 aromatic rings. The maximum absolute atomic E-state index is 12.8. The zero-order chi connectivity index (χ0) is 23.4. The van der Waals surface area contributed by atoms with Gasteiger partial charge in [-0.3, -0.25) is 9.59 Å². The van der Waals surface area contributed by atoms with Gasteiger partial charge in [-0.15, -0.1) is 0 Å². The predicted molar refractivity (Wildman–Crippen MR) is 131 cm³/mol. The molecule has 33 heavy (non-hydrogen) atoms. The van der Waals surface area contributed by atoms with Crippen molar-refractivity contribution in [2.45, 2.75) is 40.2 Å². The lowest BCUT2D eigenvalue weighted by atomic mass is 9.95. The molecule has 1 fully saturated rings. The van der Waals surface area contributed by atoms with Gasteiger partial charge >= 0.3 is 0 Å². The van der Waals surface area contributed by atoms with Gasteiger partial charge in [0.1, 0.15) is 5.69 Å². The van der Waals surface area contributed by atoms with Crippen LogP contribution in [0, 0.1) is 19.8 Å². The van der Waals surface area contributed by atoms with Crippen LogP contribution in [0.4, 0.5) is 11.5 Å². The van der Waals surface area contributed by atoms with Crippen molar-refractivity contribution in [3.05, 3.63) is 71.4 Å². The SMILES string of the molecule is CC(=O)Nc1c(C)nn(-c2ccccc2)c1N1CCC(C(=O)NCc2ccccc2C)CC1. The third-order valence-corrected chi connectivity index (χ3v) is 6.22. The highest BCUT2D eigenvalue weighted by Crippen LogP contribution is 2.34. The number of nitrogens with one attached hydrogen (secondary N) is 2. The van der Waals surface area contributed by atoms with Crippen molar-refractivity contribution < 1.29 is 9.59 Å². The first kappa shape index (κ1) is 22.6. The van der Waals surface area contributed by atoms with Crippen molar-refractivity contribution in [2.24, 2.45) is 5.92 Å². The largest absolute Gasteiger partial charge is 0.355 e. The van der Waals surface area contributed by atoms with Crippen LogP contribution in [0.25, 0.3) is 5.69 Å². The van der Waals surface area contributed by atoms with Gasteiger partial charge in [-0.05, 0) is 49.9 Å². The summed E-state index contributed by atoms with van der Waals surface area (Å²) in [4.78, 5) is 26.9. The van der Waals surface area contributed by atoms with Crippen LogP contribution in [0.3, 0.4) is 0 Å². The summed E-state index contributed by atoms with van der Waals surface area (Å²) >= 11 is 0. The van der Waals surface area contributed by atoms with Gasteiger partial charge in [0, 0.05) is 32.5 Å². The quantitative estimate of drug-likeness (QED) is 0.602. The van der Waals surface area contributed by atoms with E-state index in [9.17, 15) is 9.59 Å². The van der Waals surface area contributed by atoms with Crippen molar-refractivity contribution in [3.8, 4) is 5.69 Å². The van der Waals surface area contributed by atoms with Gasteiger partial charge in [-0.25, -0.2) is 4.68 Å². The zero-order valence-corrected chi connectivity index (χ0v) is 19.5. The van der Waals surface area contributed by atoms with Crippen LogP contribution < -0.4 is 15.5 Å². The lowest BCUT2D eigenvalue weighted by Crippen LogP contribution is -2.41. The molecule has 0 spiro atoms. The second kappa shape index (κ2) is 9.90. The number of aromatic nitrogens is 2. The number of amides is 2. The summed E-state index contributed by atoms with van der Waals surface area (Å²) in [6.45, 7) is 7.46. The topological polar surface area (TPSA) is 79.3 Å². The molecule has 1 aromatic heterocycles. The molecule has 2 aromatic carbocycles. The Morgan fingerprint density at radius 2 is 1.67 bits per heavy atom. The van der Waals surface area contributed by atoms with E-state index in [4.69, 9.17) is 5.10 Å². The Kier molecular flexibility index (Phi) is 6.77. The summed E-state index contributed by atoms with van der Waals surface area (Å²) in [7, 11) is 0. The smallest absolute Gasteiger partial charge is 0.223 e. The lowest BCUT2D eigenvalue weighted by Gasteiger charge is -2.33. The van der Waals surface area contributed by atoms with Crippen LogP contribution in [0.15, 0.2) is 54.6 Å². The van der Waals surface area contributed by atoms with E-state index in [0.29, 0.717) is 19.6 Å². The van der Waals surface area contributed by atoms with E-state index in [0.717, 1.165) is 41.3 Å². The van der Waals surface area contributed by atoms with Crippen molar-refractivity contribution in [2.75, 3.05) is 23.3 Å². The molecule has 0 saturated carbocycles. The maximum Gasteiger partial charge on any atom is 0.223 e. The van der Waals surface area contributed by atoms with Crippen molar-refractivity contribution in [1.29, 1.82) is 0 Å². The molecule has 4 rings (SSSR count). The zero-order valence-electron chi connectivity index (χ0n) is 19.5. The summed E-state index contributed by atoms with van der Waals surface area (Å²) in [5.74, 6) is 0.821. The highest BCUT2D eigenvalue weighted by atomic mass is 16.2. The predicted octanol–water partition coefficient (Wildman–Crippen LogP) is 3.98. The van der Waals surface area contributed by atoms with E-state index in [1.807, 2.05) is 54.1 Å². The molecule has 1 saturated heterocycles. The highest BCUT2D eigenvalue weighted by Gasteiger charge is 2.29. The minimum atomic E-state index is -0.127. The molecule has 2 heterocycles. The number of rotatable bonds is 6. The number of anilines is 2. The Morgan fingerprint density at radius 3 is 2.33 bits per heavy atom. The summed E-state index contributed by atoms with van der Waals surface area (Å²) in [5, 5.41) is 10.8. The molecular weight excluding hydrogens is 414 g/mol. The molecule has 2 amide bonds. The fraction of sp³-hybridized carbons (Fsp3) is 0.346. The molecule has 1 aliphatic rings. The molecule has 1 aliphatic heterocycles. The second-order valence-electron chi connectivity index (χ2n) is 8.62.